The Bertz CT molecular complexity index is 709. The molecular weight excluding hydrogens is 268 g/mol. The first-order valence-electron chi connectivity index (χ1n) is 6.64. The van der Waals surface area contributed by atoms with Crippen LogP contribution in [-0.4, -0.2) is 10.7 Å². The van der Waals surface area contributed by atoms with E-state index in [9.17, 15) is 14.9 Å². The van der Waals surface area contributed by atoms with Gasteiger partial charge in [0, 0.05) is 28.8 Å². The van der Waals surface area contributed by atoms with Gasteiger partial charge in [-0.15, -0.1) is 0 Å². The predicted octanol–water partition coefficient (Wildman–Crippen LogP) is 2.69. The smallest absolute Gasteiger partial charge is 0.275 e. The summed E-state index contributed by atoms with van der Waals surface area (Å²) in [5.41, 5.74) is 2.28. The van der Waals surface area contributed by atoms with Gasteiger partial charge >= 0.3 is 0 Å². The van der Waals surface area contributed by atoms with E-state index in [1.807, 2.05) is 25.1 Å². The Morgan fingerprint density at radius 1 is 1.14 bits per heavy atom. The lowest BCUT2D eigenvalue weighted by atomic mass is 9.94. The van der Waals surface area contributed by atoms with Gasteiger partial charge in [-0.25, -0.2) is 0 Å². The van der Waals surface area contributed by atoms with Gasteiger partial charge in [0.15, 0.2) is 12.4 Å². The van der Waals surface area contributed by atoms with Gasteiger partial charge < -0.3 is 0 Å². The number of hydrogen-bond donors (Lipinski definition) is 0. The maximum Gasteiger partial charge on any atom is 0.275 e. The Balaban J connectivity index is 2.46. The third-order valence-corrected chi connectivity index (χ3v) is 3.50. The van der Waals surface area contributed by atoms with Crippen LogP contribution < -0.4 is 4.57 Å². The number of pyridine rings is 1. The lowest BCUT2D eigenvalue weighted by Gasteiger charge is -2.10. The molecule has 0 aliphatic rings. The first kappa shape index (κ1) is 14.8. The number of carbonyl (C=O) groups excluding carboxylic acids is 1. The summed E-state index contributed by atoms with van der Waals surface area (Å²) in [6, 6.07) is 7.25. The summed E-state index contributed by atoms with van der Waals surface area (Å²) in [5, 5.41) is 11.2. The summed E-state index contributed by atoms with van der Waals surface area (Å²) in [4.78, 5) is 23.3. The molecule has 108 valence electrons. The lowest BCUT2D eigenvalue weighted by Crippen LogP contribution is -2.37. The molecule has 0 fully saturated rings. The van der Waals surface area contributed by atoms with Gasteiger partial charge in [0.2, 0.25) is 12.3 Å². The number of rotatable bonds is 4. The fourth-order valence-corrected chi connectivity index (χ4v) is 2.67. The Kier molecular flexibility index (Phi) is 4.12. The minimum atomic E-state index is -0.420. The summed E-state index contributed by atoms with van der Waals surface area (Å²) in [7, 11) is 0. The number of nitrogens with zero attached hydrogens (tertiary/aromatic N) is 2. The van der Waals surface area contributed by atoms with Crippen molar-refractivity contribution in [1.82, 2.24) is 0 Å². The molecule has 0 saturated carbocycles. The molecule has 21 heavy (non-hydrogen) atoms. The van der Waals surface area contributed by atoms with Crippen LogP contribution in [0.15, 0.2) is 36.7 Å². The molecule has 0 bridgehead atoms. The maximum absolute atomic E-state index is 12.5. The number of nitro benzene ring substituents is 1. The first-order valence-corrected chi connectivity index (χ1v) is 6.64. The van der Waals surface area contributed by atoms with Crippen molar-refractivity contribution in [1.29, 1.82) is 0 Å². The predicted molar refractivity (Wildman–Crippen MR) is 78.3 cm³/mol. The first-order chi connectivity index (χ1) is 9.91. The van der Waals surface area contributed by atoms with E-state index >= 15 is 0 Å². The molecule has 0 aliphatic carbocycles. The lowest BCUT2D eigenvalue weighted by molar-refractivity contribution is -0.683. The summed E-state index contributed by atoms with van der Waals surface area (Å²) in [6.07, 6.45) is 3.59. The van der Waals surface area contributed by atoms with Crippen molar-refractivity contribution in [2.24, 2.45) is 0 Å². The molecule has 1 aromatic heterocycles. The van der Waals surface area contributed by atoms with Gasteiger partial charge in [0.05, 0.1) is 4.92 Å². The molecule has 0 N–H and O–H groups in total. The molecule has 1 heterocycles. The zero-order valence-corrected chi connectivity index (χ0v) is 12.3. The van der Waals surface area contributed by atoms with E-state index in [0.29, 0.717) is 16.7 Å². The van der Waals surface area contributed by atoms with Crippen molar-refractivity contribution in [2.45, 2.75) is 27.3 Å². The second-order valence-corrected chi connectivity index (χ2v) is 5.09. The highest BCUT2D eigenvalue weighted by Gasteiger charge is 2.25. The van der Waals surface area contributed by atoms with Gasteiger partial charge in [-0.1, -0.05) is 6.07 Å². The number of carbonyl (C=O) groups is 1. The minimum Gasteiger partial charge on any atom is -0.287 e. The summed E-state index contributed by atoms with van der Waals surface area (Å²) < 4.78 is 1.76. The topological polar surface area (TPSA) is 64.1 Å². The van der Waals surface area contributed by atoms with Crippen molar-refractivity contribution in [3.05, 3.63) is 69.0 Å². The molecule has 5 nitrogen and oxygen atoms in total. The molecule has 0 radical (unpaired) electrons. The maximum atomic E-state index is 12.5. The second kappa shape index (κ2) is 5.83. The number of hydrogen-bond acceptors (Lipinski definition) is 3. The van der Waals surface area contributed by atoms with Crippen LogP contribution in [0.2, 0.25) is 0 Å². The molecule has 2 rings (SSSR count). The Morgan fingerprint density at radius 3 is 2.33 bits per heavy atom. The average molecular weight is 285 g/mol. The molecule has 0 atom stereocenters. The van der Waals surface area contributed by atoms with Gasteiger partial charge in [0.25, 0.3) is 5.69 Å². The number of benzene rings is 1. The SMILES string of the molecule is Cc1cc(C)c([N+](=O)[O-])c(C)c1C(=O)C[n+]1ccccc1. The number of ketones is 1. The van der Waals surface area contributed by atoms with Gasteiger partial charge in [-0.2, -0.15) is 4.57 Å². The van der Waals surface area contributed by atoms with E-state index in [-0.39, 0.29) is 18.0 Å². The van der Waals surface area contributed by atoms with Crippen molar-refractivity contribution in [3.63, 3.8) is 0 Å². The van der Waals surface area contributed by atoms with E-state index in [2.05, 4.69) is 0 Å². The highest BCUT2D eigenvalue weighted by Crippen LogP contribution is 2.29. The zero-order chi connectivity index (χ0) is 15.6. The van der Waals surface area contributed by atoms with Crippen molar-refractivity contribution in [3.8, 4) is 0 Å². The average Bonchev–Trinajstić information content (AvgIpc) is 2.38. The van der Waals surface area contributed by atoms with Crippen LogP contribution in [-0.2, 0) is 6.54 Å². The molecule has 5 heteroatoms. The molecule has 0 saturated heterocycles. The molecule has 1 aromatic carbocycles. The second-order valence-electron chi connectivity index (χ2n) is 5.09. The highest BCUT2D eigenvalue weighted by molar-refractivity contribution is 5.99. The van der Waals surface area contributed by atoms with Crippen LogP contribution in [0.1, 0.15) is 27.0 Å². The Morgan fingerprint density at radius 2 is 1.76 bits per heavy atom. The van der Waals surface area contributed by atoms with Crippen LogP contribution in [0, 0.1) is 30.9 Å². The quantitative estimate of drug-likeness (QED) is 0.375. The standard InChI is InChI=1S/C16H17N2O3/c1-11-9-12(2)16(18(20)21)13(3)15(11)14(19)10-17-7-5-4-6-8-17/h4-9H,10H2,1-3H3/q+1. The van der Waals surface area contributed by atoms with Crippen molar-refractivity contribution >= 4 is 11.5 Å². The minimum absolute atomic E-state index is 0.0296. The number of aryl methyl sites for hydroxylation is 2. The summed E-state index contributed by atoms with van der Waals surface area (Å²) >= 11 is 0. The largest absolute Gasteiger partial charge is 0.287 e. The number of aromatic nitrogens is 1. The molecule has 0 unspecified atom stereocenters. The molecule has 0 spiro atoms. The molecule has 0 amide bonds. The number of Topliss-reactive ketones (excluding diaryl/α,β-unsaturated/α-hetero) is 1. The van der Waals surface area contributed by atoms with Crippen molar-refractivity contribution in [2.75, 3.05) is 0 Å². The zero-order valence-electron chi connectivity index (χ0n) is 12.3. The van der Waals surface area contributed by atoms with Crippen LogP contribution in [0.25, 0.3) is 0 Å². The summed E-state index contributed by atoms with van der Waals surface area (Å²) in [5.74, 6) is -0.121. The monoisotopic (exact) mass is 285 g/mol. The van der Waals surface area contributed by atoms with E-state index in [0.717, 1.165) is 5.56 Å². The fourth-order valence-electron chi connectivity index (χ4n) is 2.67. The number of nitro groups is 1. The molecular formula is C16H17N2O3+. The van der Waals surface area contributed by atoms with Gasteiger partial charge in [-0.05, 0) is 32.4 Å². The molecule has 0 aliphatic heterocycles. The fraction of sp³-hybridized carbons (Fsp3) is 0.250. The van der Waals surface area contributed by atoms with Crippen LogP contribution in [0.4, 0.5) is 5.69 Å². The third-order valence-electron chi connectivity index (χ3n) is 3.50. The van der Waals surface area contributed by atoms with Crippen LogP contribution >= 0.6 is 0 Å². The Hall–Kier alpha value is -2.56. The third kappa shape index (κ3) is 2.97. The summed E-state index contributed by atoms with van der Waals surface area (Å²) in [6.45, 7) is 5.31. The van der Waals surface area contributed by atoms with Crippen LogP contribution in [0.5, 0.6) is 0 Å². The van der Waals surface area contributed by atoms with Crippen molar-refractivity contribution < 1.29 is 14.3 Å². The van der Waals surface area contributed by atoms with Gasteiger partial charge in [0.1, 0.15) is 0 Å². The van der Waals surface area contributed by atoms with E-state index < -0.39 is 4.92 Å². The van der Waals surface area contributed by atoms with E-state index in [1.54, 1.807) is 36.9 Å². The van der Waals surface area contributed by atoms with Crippen LogP contribution in [0.3, 0.4) is 0 Å². The van der Waals surface area contributed by atoms with E-state index in [1.165, 1.54) is 0 Å². The normalized spacial score (nSPS) is 10.4. The molecule has 2 aromatic rings. The highest BCUT2D eigenvalue weighted by atomic mass is 16.6. The van der Waals surface area contributed by atoms with E-state index in [4.69, 9.17) is 0 Å². The Labute approximate surface area is 123 Å². The van der Waals surface area contributed by atoms with Gasteiger partial charge in [-0.3, -0.25) is 14.9 Å².